The van der Waals surface area contributed by atoms with E-state index in [1.165, 1.54) is 17.4 Å². The van der Waals surface area contributed by atoms with E-state index in [4.69, 9.17) is 4.42 Å². The summed E-state index contributed by atoms with van der Waals surface area (Å²) in [4.78, 5) is 29.7. The summed E-state index contributed by atoms with van der Waals surface area (Å²) in [6.45, 7) is 3.53. The number of carbonyl (C=O) groups is 2. The lowest BCUT2D eigenvalue weighted by molar-refractivity contribution is -0.124. The Morgan fingerprint density at radius 2 is 1.76 bits per heavy atom. The van der Waals surface area contributed by atoms with Crippen molar-refractivity contribution in [3.05, 3.63) is 77.6 Å². The molecule has 4 aromatic rings. The molecule has 0 aliphatic heterocycles. The predicted molar refractivity (Wildman–Crippen MR) is 122 cm³/mol. The second-order valence-electron chi connectivity index (χ2n) is 7.76. The molecule has 0 radical (unpaired) electrons. The smallest absolute Gasteiger partial charge is 0.257 e. The summed E-state index contributed by atoms with van der Waals surface area (Å²) < 4.78 is 34.7. The summed E-state index contributed by atoms with van der Waals surface area (Å²) in [6, 6.07) is 13.4. The predicted octanol–water partition coefficient (Wildman–Crippen LogP) is 4.91. The van der Waals surface area contributed by atoms with E-state index in [1.807, 2.05) is 24.3 Å². The normalized spacial score (nSPS) is 12.2. The van der Waals surface area contributed by atoms with Crippen molar-refractivity contribution in [1.82, 2.24) is 15.6 Å². The summed E-state index contributed by atoms with van der Waals surface area (Å²) in [5.74, 6) is -2.69. The van der Waals surface area contributed by atoms with Crippen LogP contribution in [0.25, 0.3) is 21.0 Å². The van der Waals surface area contributed by atoms with Gasteiger partial charge in [-0.25, -0.2) is 13.8 Å². The Bertz CT molecular complexity index is 1260. The third-order valence-corrected chi connectivity index (χ3v) is 6.08. The van der Waals surface area contributed by atoms with Crippen LogP contribution in [0.15, 0.2) is 59.0 Å². The molecule has 0 aliphatic carbocycles. The van der Waals surface area contributed by atoms with Crippen molar-refractivity contribution in [3.8, 4) is 10.8 Å². The summed E-state index contributed by atoms with van der Waals surface area (Å²) in [7, 11) is 0. The minimum atomic E-state index is -0.992. The maximum Gasteiger partial charge on any atom is 0.257 e. The minimum Gasteiger partial charge on any atom is -0.457 e. The lowest BCUT2D eigenvalue weighted by Crippen LogP contribution is -2.49. The number of aromatic nitrogens is 1. The first-order chi connectivity index (χ1) is 15.8. The summed E-state index contributed by atoms with van der Waals surface area (Å²) >= 11 is 1.50. The number of amides is 2. The number of nitrogens with zero attached hydrogens (tertiary/aromatic N) is 1. The molecule has 0 fully saturated rings. The number of halogens is 2. The third-order valence-electron chi connectivity index (χ3n) is 5.03. The Labute approximate surface area is 192 Å². The summed E-state index contributed by atoms with van der Waals surface area (Å²) in [5.41, 5.74) is 0.160. The van der Waals surface area contributed by atoms with Crippen molar-refractivity contribution >= 4 is 33.4 Å². The molecule has 9 heteroatoms. The Kier molecular flexibility index (Phi) is 6.50. The van der Waals surface area contributed by atoms with E-state index in [1.54, 1.807) is 26.0 Å². The van der Waals surface area contributed by atoms with Gasteiger partial charge in [-0.05, 0) is 42.3 Å². The second-order valence-corrected chi connectivity index (χ2v) is 8.79. The van der Waals surface area contributed by atoms with Crippen molar-refractivity contribution in [3.63, 3.8) is 0 Å². The molecule has 0 bridgehead atoms. The van der Waals surface area contributed by atoms with E-state index in [-0.39, 0.29) is 12.5 Å². The highest BCUT2D eigenvalue weighted by Crippen LogP contribution is 2.31. The number of thiazole rings is 1. The number of benzene rings is 2. The zero-order valence-electron chi connectivity index (χ0n) is 17.9. The van der Waals surface area contributed by atoms with Crippen LogP contribution in [0.4, 0.5) is 8.78 Å². The first-order valence-corrected chi connectivity index (χ1v) is 11.1. The average molecular weight is 470 g/mol. The molecule has 33 heavy (non-hydrogen) atoms. The molecule has 2 heterocycles. The lowest BCUT2D eigenvalue weighted by atomic mass is 10.0. The van der Waals surface area contributed by atoms with E-state index in [0.717, 1.165) is 27.4 Å². The maximum absolute atomic E-state index is 13.9. The van der Waals surface area contributed by atoms with Crippen LogP contribution in [0.2, 0.25) is 0 Å². The molecule has 1 unspecified atom stereocenters. The van der Waals surface area contributed by atoms with Crippen LogP contribution in [0.5, 0.6) is 0 Å². The van der Waals surface area contributed by atoms with Crippen molar-refractivity contribution in [1.29, 1.82) is 0 Å². The maximum atomic E-state index is 13.9. The topological polar surface area (TPSA) is 84.2 Å². The zero-order valence-corrected chi connectivity index (χ0v) is 18.7. The average Bonchev–Trinajstić information content (AvgIpc) is 3.42. The van der Waals surface area contributed by atoms with Gasteiger partial charge >= 0.3 is 0 Å². The van der Waals surface area contributed by atoms with Gasteiger partial charge in [-0.2, -0.15) is 0 Å². The van der Waals surface area contributed by atoms with Gasteiger partial charge in [0.2, 0.25) is 5.91 Å². The summed E-state index contributed by atoms with van der Waals surface area (Å²) in [6.07, 6.45) is 0. The molecule has 4 rings (SSSR count). The highest BCUT2D eigenvalue weighted by atomic mass is 32.1. The number of carbonyl (C=O) groups excluding carboxylic acids is 2. The molecule has 0 saturated carbocycles. The number of rotatable bonds is 7. The molecule has 0 spiro atoms. The molecule has 2 aromatic heterocycles. The van der Waals surface area contributed by atoms with E-state index in [2.05, 4.69) is 15.6 Å². The number of para-hydroxylation sites is 1. The fourth-order valence-electron chi connectivity index (χ4n) is 3.31. The molecule has 0 aliphatic rings. The van der Waals surface area contributed by atoms with Gasteiger partial charge in [0.15, 0.2) is 10.8 Å². The third kappa shape index (κ3) is 4.93. The standard InChI is InChI=1S/C24H21F2N3O3S/c1-13(2)21(29-22(30)20-15(25)6-5-7-16(20)26)23(31)27-12-14-10-11-18(32-14)24-28-17-8-3-4-9-19(17)33-24/h3-11,13,21H,12H2,1-2H3,(H,27,31)(H,29,30). The lowest BCUT2D eigenvalue weighted by Gasteiger charge is -2.21. The molecule has 2 N–H and O–H groups in total. The summed E-state index contributed by atoms with van der Waals surface area (Å²) in [5, 5.41) is 5.86. The van der Waals surface area contributed by atoms with Crippen LogP contribution in [0, 0.1) is 17.6 Å². The van der Waals surface area contributed by atoms with Crippen molar-refractivity contribution < 1.29 is 22.8 Å². The molecule has 0 saturated heterocycles. The van der Waals surface area contributed by atoms with Crippen LogP contribution in [0.1, 0.15) is 30.0 Å². The highest BCUT2D eigenvalue weighted by Gasteiger charge is 2.27. The number of nitrogens with one attached hydrogen (secondary N) is 2. The Balaban J connectivity index is 1.42. The van der Waals surface area contributed by atoms with E-state index < -0.39 is 35.1 Å². The quantitative estimate of drug-likeness (QED) is 0.403. The molecule has 2 amide bonds. The first kappa shape index (κ1) is 22.6. The fourth-order valence-corrected chi connectivity index (χ4v) is 4.24. The van der Waals surface area contributed by atoms with Crippen molar-refractivity contribution in [2.75, 3.05) is 0 Å². The Hall–Kier alpha value is -3.59. The van der Waals surface area contributed by atoms with Crippen LogP contribution in [-0.2, 0) is 11.3 Å². The largest absolute Gasteiger partial charge is 0.457 e. The molecule has 2 aromatic carbocycles. The minimum absolute atomic E-state index is 0.0802. The van der Waals surface area contributed by atoms with Gasteiger partial charge in [0, 0.05) is 0 Å². The van der Waals surface area contributed by atoms with Gasteiger partial charge < -0.3 is 15.1 Å². The number of hydrogen-bond acceptors (Lipinski definition) is 5. The number of fused-ring (bicyclic) bond motifs is 1. The van der Waals surface area contributed by atoms with Crippen LogP contribution >= 0.6 is 11.3 Å². The number of hydrogen-bond donors (Lipinski definition) is 2. The van der Waals surface area contributed by atoms with Gasteiger partial charge in [-0.1, -0.05) is 32.0 Å². The Morgan fingerprint density at radius 1 is 1.03 bits per heavy atom. The fraction of sp³-hybridized carbons (Fsp3) is 0.208. The van der Waals surface area contributed by atoms with Gasteiger partial charge in [0.1, 0.15) is 29.0 Å². The molecular weight excluding hydrogens is 448 g/mol. The SMILES string of the molecule is CC(C)C(NC(=O)c1c(F)cccc1F)C(=O)NCc1ccc(-c2nc3ccccc3s2)o1. The van der Waals surface area contributed by atoms with Crippen LogP contribution < -0.4 is 10.6 Å². The van der Waals surface area contributed by atoms with Gasteiger partial charge in [0.25, 0.3) is 5.91 Å². The highest BCUT2D eigenvalue weighted by molar-refractivity contribution is 7.21. The van der Waals surface area contributed by atoms with Crippen molar-refractivity contribution in [2.45, 2.75) is 26.4 Å². The zero-order chi connectivity index (χ0) is 23.5. The van der Waals surface area contributed by atoms with Gasteiger partial charge in [-0.3, -0.25) is 9.59 Å². The molecule has 6 nitrogen and oxygen atoms in total. The monoisotopic (exact) mass is 469 g/mol. The molecular formula is C24H21F2N3O3S. The van der Waals surface area contributed by atoms with Gasteiger partial charge in [0.05, 0.1) is 16.8 Å². The van der Waals surface area contributed by atoms with E-state index >= 15 is 0 Å². The Morgan fingerprint density at radius 3 is 2.45 bits per heavy atom. The van der Waals surface area contributed by atoms with Crippen LogP contribution in [-0.4, -0.2) is 22.8 Å². The molecule has 170 valence electrons. The van der Waals surface area contributed by atoms with Crippen molar-refractivity contribution in [2.24, 2.45) is 5.92 Å². The van der Waals surface area contributed by atoms with E-state index in [9.17, 15) is 18.4 Å². The van der Waals surface area contributed by atoms with Gasteiger partial charge in [-0.15, -0.1) is 11.3 Å². The van der Waals surface area contributed by atoms with Crippen LogP contribution in [0.3, 0.4) is 0 Å². The number of furan rings is 1. The second kappa shape index (κ2) is 9.50. The molecule has 1 atom stereocenters. The van der Waals surface area contributed by atoms with E-state index in [0.29, 0.717) is 11.5 Å². The first-order valence-electron chi connectivity index (χ1n) is 10.3.